The zero-order valence-electron chi connectivity index (χ0n) is 11.7. The van der Waals surface area contributed by atoms with Crippen LogP contribution in [0.3, 0.4) is 0 Å². The number of hydrogen-bond acceptors (Lipinski definition) is 4. The number of benzene rings is 1. The highest BCUT2D eigenvalue weighted by Gasteiger charge is 2.17. The molecule has 0 spiro atoms. The van der Waals surface area contributed by atoms with Gasteiger partial charge in [0, 0.05) is 39.0 Å². The molecule has 0 bridgehead atoms. The number of ether oxygens (including phenoxy) is 2. The second kappa shape index (κ2) is 7.48. The van der Waals surface area contributed by atoms with Crippen LogP contribution in [-0.4, -0.2) is 44.9 Å². The minimum Gasteiger partial charge on any atom is -0.398 e. The summed E-state index contributed by atoms with van der Waals surface area (Å²) in [5.74, 6) is 0. The average molecular weight is 264 g/mol. The molecule has 0 fully saturated rings. The smallest absolute Gasteiger partial charge is 0.0700 e. The second-order valence-electron chi connectivity index (χ2n) is 4.97. The molecule has 2 N–H and O–H groups in total. The third kappa shape index (κ3) is 4.20. The van der Waals surface area contributed by atoms with Gasteiger partial charge in [0.15, 0.2) is 0 Å². The Bertz CT molecular complexity index is 396. The predicted molar refractivity (Wildman–Crippen MR) is 77.1 cm³/mol. The summed E-state index contributed by atoms with van der Waals surface area (Å²) in [4.78, 5) is 2.46. The molecular formula is C15H24N2O2. The summed E-state index contributed by atoms with van der Waals surface area (Å²) in [6.07, 6.45) is 2.16. The molecule has 1 heterocycles. The summed E-state index contributed by atoms with van der Waals surface area (Å²) in [7, 11) is 1.69. The summed E-state index contributed by atoms with van der Waals surface area (Å²) in [5, 5.41) is 0. The molecule has 0 radical (unpaired) electrons. The van der Waals surface area contributed by atoms with E-state index >= 15 is 0 Å². The zero-order valence-corrected chi connectivity index (χ0v) is 11.7. The van der Waals surface area contributed by atoms with Crippen molar-refractivity contribution < 1.29 is 9.47 Å². The largest absolute Gasteiger partial charge is 0.398 e. The van der Waals surface area contributed by atoms with Gasteiger partial charge in [-0.25, -0.2) is 0 Å². The molecule has 0 aliphatic carbocycles. The van der Waals surface area contributed by atoms with Gasteiger partial charge in [0.25, 0.3) is 0 Å². The van der Waals surface area contributed by atoms with Gasteiger partial charge in [0.2, 0.25) is 0 Å². The summed E-state index contributed by atoms with van der Waals surface area (Å²) < 4.78 is 10.4. The topological polar surface area (TPSA) is 47.7 Å². The molecule has 4 nitrogen and oxygen atoms in total. The van der Waals surface area contributed by atoms with Crippen LogP contribution in [0, 0.1) is 0 Å². The van der Waals surface area contributed by atoms with E-state index in [1.54, 1.807) is 7.11 Å². The van der Waals surface area contributed by atoms with Crippen LogP contribution in [-0.2, 0) is 22.4 Å². The number of rotatable bonds is 7. The fourth-order valence-electron chi connectivity index (χ4n) is 2.49. The van der Waals surface area contributed by atoms with E-state index < -0.39 is 0 Å². The lowest BCUT2D eigenvalue weighted by atomic mass is 9.98. The molecule has 1 aliphatic rings. The van der Waals surface area contributed by atoms with E-state index in [1.165, 1.54) is 11.1 Å². The normalized spacial score (nSPS) is 15.4. The van der Waals surface area contributed by atoms with Gasteiger partial charge >= 0.3 is 0 Å². The van der Waals surface area contributed by atoms with Crippen molar-refractivity contribution in [2.45, 2.75) is 19.4 Å². The van der Waals surface area contributed by atoms with Crippen LogP contribution in [0.1, 0.15) is 17.5 Å². The zero-order chi connectivity index (χ0) is 13.5. The molecule has 0 atom stereocenters. The number of fused-ring (bicyclic) bond motifs is 1. The third-order valence-corrected chi connectivity index (χ3v) is 3.58. The minimum absolute atomic E-state index is 0.674. The van der Waals surface area contributed by atoms with E-state index in [-0.39, 0.29) is 0 Å². The monoisotopic (exact) mass is 264 g/mol. The molecule has 0 saturated heterocycles. The summed E-state index contributed by atoms with van der Waals surface area (Å²) in [6, 6.07) is 6.24. The third-order valence-electron chi connectivity index (χ3n) is 3.58. The fourth-order valence-corrected chi connectivity index (χ4v) is 2.49. The van der Waals surface area contributed by atoms with Gasteiger partial charge in [-0.3, -0.25) is 4.90 Å². The molecule has 106 valence electrons. The van der Waals surface area contributed by atoms with Crippen molar-refractivity contribution in [1.29, 1.82) is 0 Å². The molecule has 0 saturated carbocycles. The number of hydrogen-bond donors (Lipinski definition) is 1. The first-order valence-electron chi connectivity index (χ1n) is 6.96. The molecule has 1 aliphatic heterocycles. The molecule has 4 heteroatoms. The van der Waals surface area contributed by atoms with Crippen molar-refractivity contribution in [1.82, 2.24) is 4.90 Å². The fraction of sp³-hybridized carbons (Fsp3) is 0.600. The SMILES string of the molecule is COCCOCCCN1CCc2cccc(N)c2C1. The first-order valence-corrected chi connectivity index (χ1v) is 6.96. The Morgan fingerprint density at radius 2 is 2.16 bits per heavy atom. The van der Waals surface area contributed by atoms with E-state index in [0.29, 0.717) is 13.2 Å². The number of nitrogen functional groups attached to an aromatic ring is 1. The van der Waals surface area contributed by atoms with Crippen LogP contribution in [0.5, 0.6) is 0 Å². The maximum Gasteiger partial charge on any atom is 0.0700 e. The van der Waals surface area contributed by atoms with Crippen LogP contribution in [0.2, 0.25) is 0 Å². The average Bonchev–Trinajstić information content (AvgIpc) is 2.43. The van der Waals surface area contributed by atoms with E-state index in [0.717, 1.165) is 44.8 Å². The van der Waals surface area contributed by atoms with E-state index in [2.05, 4.69) is 11.0 Å². The molecule has 1 aromatic rings. The first-order chi connectivity index (χ1) is 9.31. The minimum atomic E-state index is 0.674. The molecule has 0 unspecified atom stereocenters. The number of methoxy groups -OCH3 is 1. The van der Waals surface area contributed by atoms with Crippen molar-refractivity contribution in [2.75, 3.05) is 45.8 Å². The van der Waals surface area contributed by atoms with Gasteiger partial charge in [-0.1, -0.05) is 12.1 Å². The van der Waals surface area contributed by atoms with Crippen LogP contribution in [0.4, 0.5) is 5.69 Å². The highest BCUT2D eigenvalue weighted by molar-refractivity contribution is 5.51. The quantitative estimate of drug-likeness (QED) is 0.601. The first kappa shape index (κ1) is 14.3. The number of nitrogens with two attached hydrogens (primary N) is 1. The standard InChI is InChI=1S/C15H24N2O2/c1-18-10-11-19-9-3-7-17-8-6-13-4-2-5-15(16)14(13)12-17/h2,4-5H,3,6-12,16H2,1H3. The Hall–Kier alpha value is -1.10. The van der Waals surface area contributed by atoms with Crippen molar-refractivity contribution >= 4 is 5.69 Å². The maximum absolute atomic E-state index is 6.05. The Labute approximate surface area is 115 Å². The lowest BCUT2D eigenvalue weighted by Gasteiger charge is -2.29. The molecule has 0 amide bonds. The van der Waals surface area contributed by atoms with Gasteiger partial charge in [-0.2, -0.15) is 0 Å². The van der Waals surface area contributed by atoms with Gasteiger partial charge in [-0.15, -0.1) is 0 Å². The maximum atomic E-state index is 6.05. The van der Waals surface area contributed by atoms with Crippen LogP contribution < -0.4 is 5.73 Å². The Morgan fingerprint density at radius 3 is 3.00 bits per heavy atom. The van der Waals surface area contributed by atoms with E-state index in [4.69, 9.17) is 15.2 Å². The molecule has 19 heavy (non-hydrogen) atoms. The molecule has 1 aromatic carbocycles. The van der Waals surface area contributed by atoms with Crippen molar-refractivity contribution in [3.8, 4) is 0 Å². The number of nitrogens with zero attached hydrogens (tertiary/aromatic N) is 1. The van der Waals surface area contributed by atoms with Crippen molar-refractivity contribution in [2.24, 2.45) is 0 Å². The van der Waals surface area contributed by atoms with Gasteiger partial charge < -0.3 is 15.2 Å². The lowest BCUT2D eigenvalue weighted by Crippen LogP contribution is -2.32. The van der Waals surface area contributed by atoms with Gasteiger partial charge in [0.1, 0.15) is 0 Å². The lowest BCUT2D eigenvalue weighted by molar-refractivity contribution is 0.0646. The Kier molecular flexibility index (Phi) is 5.63. The van der Waals surface area contributed by atoms with Crippen molar-refractivity contribution in [3.63, 3.8) is 0 Å². The summed E-state index contributed by atoms with van der Waals surface area (Å²) in [5.41, 5.74) is 9.70. The summed E-state index contributed by atoms with van der Waals surface area (Å²) >= 11 is 0. The predicted octanol–water partition coefficient (Wildman–Crippen LogP) is 1.68. The van der Waals surface area contributed by atoms with Gasteiger partial charge in [-0.05, 0) is 30.0 Å². The van der Waals surface area contributed by atoms with E-state index in [9.17, 15) is 0 Å². The van der Waals surface area contributed by atoms with Crippen molar-refractivity contribution in [3.05, 3.63) is 29.3 Å². The Balaban J connectivity index is 1.71. The molecule has 0 aromatic heterocycles. The van der Waals surface area contributed by atoms with Crippen LogP contribution in [0.25, 0.3) is 0 Å². The highest BCUT2D eigenvalue weighted by atomic mass is 16.5. The van der Waals surface area contributed by atoms with Crippen LogP contribution >= 0.6 is 0 Å². The van der Waals surface area contributed by atoms with Gasteiger partial charge in [0.05, 0.1) is 13.2 Å². The van der Waals surface area contributed by atoms with Crippen LogP contribution in [0.15, 0.2) is 18.2 Å². The number of anilines is 1. The van der Waals surface area contributed by atoms with E-state index in [1.807, 2.05) is 12.1 Å². The Morgan fingerprint density at radius 1 is 1.26 bits per heavy atom. The molecule has 2 rings (SSSR count). The second-order valence-corrected chi connectivity index (χ2v) is 4.97. The summed E-state index contributed by atoms with van der Waals surface area (Å²) in [6.45, 7) is 5.33. The molecular weight excluding hydrogens is 240 g/mol. The highest BCUT2D eigenvalue weighted by Crippen LogP contribution is 2.24.